The molecule has 5 heterocycles. The number of carboxylic acid groups (broad SMARTS) is 1. The highest BCUT2D eigenvalue weighted by Crippen LogP contribution is 2.37. The van der Waals surface area contributed by atoms with E-state index in [1.54, 1.807) is 51.3 Å². The van der Waals surface area contributed by atoms with Gasteiger partial charge < -0.3 is 77.4 Å². The number of aliphatic carboxylic acids is 1. The first kappa shape index (κ1) is 92.9. The fraction of sp³-hybridized carbons (Fsp3) is 0.432. The number of fused-ring (bicyclic) bond motifs is 2. The maximum absolute atomic E-state index is 13.1. The smallest absolute Gasteiger partial charge is 0.485 e. The molecule has 3 amide bonds. The van der Waals surface area contributed by atoms with Crippen LogP contribution in [0.4, 0.5) is 0 Å². The van der Waals surface area contributed by atoms with Gasteiger partial charge in [-0.25, -0.2) is 4.79 Å². The molecule has 0 saturated carbocycles. The fourth-order valence-corrected chi connectivity index (χ4v) is 13.5. The van der Waals surface area contributed by atoms with Crippen LogP contribution in [0.5, 0.6) is 23.0 Å². The number of nitrogens with one attached hydrogen (secondary N) is 1. The number of alkyl halides is 1. The second-order valence-electron chi connectivity index (χ2n) is 27.8. The van der Waals surface area contributed by atoms with Crippen LogP contribution < -0.4 is 24.3 Å². The van der Waals surface area contributed by atoms with E-state index in [0.29, 0.717) is 96.8 Å². The molecule has 0 radical (unpaired) electrons. The number of aliphatic hydroxyl groups is 1. The second kappa shape index (κ2) is 47.6. The Kier molecular flexibility index (Phi) is 39.9. The summed E-state index contributed by atoms with van der Waals surface area (Å²) in [6.45, 7) is 41.2. The monoisotopic (exact) mass is 1650 g/mol. The van der Waals surface area contributed by atoms with Crippen molar-refractivity contribution in [3.05, 3.63) is 247 Å². The quantitative estimate of drug-likeness (QED) is 0.00737. The lowest BCUT2D eigenvalue weighted by Crippen LogP contribution is -2.34. The Labute approximate surface area is 676 Å². The van der Waals surface area contributed by atoms with Gasteiger partial charge in [0.05, 0.1) is 79.4 Å². The van der Waals surface area contributed by atoms with Gasteiger partial charge in [0.1, 0.15) is 40.6 Å². The van der Waals surface area contributed by atoms with E-state index in [4.69, 9.17) is 52.3 Å². The molecule has 602 valence electrons. The topological polar surface area (TPSA) is 226 Å². The number of carbonyl (C=O) groups is 4. The Morgan fingerprint density at radius 2 is 1.32 bits per heavy atom. The summed E-state index contributed by atoms with van der Waals surface area (Å²) in [6.07, 6.45) is 19.0. The number of epoxide rings is 1. The highest BCUT2D eigenvalue weighted by molar-refractivity contribution is 9.10. The Bertz CT molecular complexity index is 4050. The Balaban J connectivity index is 0.000000238. The van der Waals surface area contributed by atoms with Crippen LogP contribution in [0.2, 0.25) is 0 Å². The zero-order chi connectivity index (χ0) is 82.0. The van der Waals surface area contributed by atoms with Crippen molar-refractivity contribution in [3.63, 3.8) is 0 Å². The van der Waals surface area contributed by atoms with Gasteiger partial charge >= 0.3 is 13.1 Å². The number of ether oxygens (including phenoxy) is 8. The predicted octanol–water partition coefficient (Wildman–Crippen LogP) is 16.8. The molecule has 20 nitrogen and oxygen atoms in total. The number of aryl methyl sites for hydroxylation is 1. The van der Waals surface area contributed by atoms with E-state index in [1.807, 2.05) is 95.0 Å². The van der Waals surface area contributed by atoms with E-state index >= 15 is 0 Å². The lowest BCUT2D eigenvalue weighted by molar-refractivity contribution is -0.132. The van der Waals surface area contributed by atoms with Crippen molar-refractivity contribution in [2.75, 3.05) is 95.8 Å². The second-order valence-corrected chi connectivity index (χ2v) is 29.9. The Hall–Kier alpha value is -8.68. The van der Waals surface area contributed by atoms with E-state index < -0.39 is 12.1 Å². The summed E-state index contributed by atoms with van der Waals surface area (Å²) < 4.78 is 53.1. The van der Waals surface area contributed by atoms with Crippen molar-refractivity contribution < 1.29 is 76.6 Å². The number of halogens is 2. The lowest BCUT2D eigenvalue weighted by atomic mass is 9.91. The van der Waals surface area contributed by atoms with Crippen LogP contribution in [0.3, 0.4) is 0 Å². The zero-order valence-corrected chi connectivity index (χ0v) is 71.1. The fourth-order valence-electron chi connectivity index (χ4n) is 12.6. The van der Waals surface area contributed by atoms with Crippen molar-refractivity contribution in [1.82, 2.24) is 20.0 Å². The van der Waals surface area contributed by atoms with E-state index in [1.165, 1.54) is 80.4 Å². The largest absolute Gasteiger partial charge is 0.501 e. The molecule has 7 aliphatic rings. The van der Waals surface area contributed by atoms with Gasteiger partial charge in [-0.3, -0.25) is 14.4 Å². The maximum Gasteiger partial charge on any atom is 0.485 e. The van der Waals surface area contributed by atoms with Crippen molar-refractivity contribution in [2.24, 2.45) is 17.8 Å². The van der Waals surface area contributed by atoms with Crippen molar-refractivity contribution in [1.29, 1.82) is 0 Å². The molecule has 4 atom stereocenters. The molecule has 2 aliphatic carbocycles. The van der Waals surface area contributed by atoms with Gasteiger partial charge in [-0.1, -0.05) is 160 Å². The SMILES string of the molecule is Brc1ccc2c(c1)CNC2.C=C(C(=O)O)/C(=C\C(=C\C(C)C)OC)OC.C=CB(OCC)OCC.C=CC1C=CC2=C(C1)CN(C(=O)C(=C)C(O)C/C(=C/C(C)C)OC)C2.CCc1cc(C(=O)N2CC3=C(CC(Br)C=C3)C2)c(OC)cc1OC.COc1ccc(C(C)C)c(OC)c1.O=CN1Cc2ccc(C3CO3)cc2C1. The molecule has 0 spiro atoms. The molecule has 23 heteroatoms. The normalized spacial score (nSPS) is 17.1. The minimum absolute atomic E-state index is 0.0122. The third kappa shape index (κ3) is 29.1. The van der Waals surface area contributed by atoms with Crippen LogP contribution in [-0.2, 0) is 75.2 Å². The minimum Gasteiger partial charge on any atom is -0.501 e. The Morgan fingerprint density at radius 3 is 1.87 bits per heavy atom. The number of nitrogens with zero attached hydrogens (tertiary/aromatic N) is 3. The average molecular weight is 1660 g/mol. The molecular formula is C88H117BBr2N4O16. The molecule has 11 rings (SSSR count). The van der Waals surface area contributed by atoms with Gasteiger partial charge in [-0.05, 0) is 154 Å². The summed E-state index contributed by atoms with van der Waals surface area (Å²) in [5.41, 5.74) is 14.7. The highest BCUT2D eigenvalue weighted by Gasteiger charge is 2.33. The predicted molar refractivity (Wildman–Crippen MR) is 449 cm³/mol. The minimum atomic E-state index is -1.12. The number of carbonyl (C=O) groups excluding carboxylic acids is 3. The number of allylic oxidation sites excluding steroid dienone is 6. The third-order valence-electron chi connectivity index (χ3n) is 18.6. The van der Waals surface area contributed by atoms with Gasteiger partial charge in [0, 0.05) is 105 Å². The molecule has 4 aromatic rings. The molecular weight excluding hydrogens is 1540 g/mol. The van der Waals surface area contributed by atoms with Crippen LogP contribution in [0.15, 0.2) is 203 Å². The number of rotatable bonds is 27. The first-order valence-electron chi connectivity index (χ1n) is 37.5. The van der Waals surface area contributed by atoms with Crippen LogP contribution in [0.1, 0.15) is 143 Å². The summed E-state index contributed by atoms with van der Waals surface area (Å²) >= 11 is 7.06. The van der Waals surface area contributed by atoms with Crippen molar-refractivity contribution >= 4 is 63.2 Å². The molecule has 5 aliphatic heterocycles. The molecule has 1 fully saturated rings. The summed E-state index contributed by atoms with van der Waals surface area (Å²) in [4.78, 5) is 52.9. The molecule has 111 heavy (non-hydrogen) atoms. The first-order valence-corrected chi connectivity index (χ1v) is 39.2. The van der Waals surface area contributed by atoms with E-state index in [9.17, 15) is 24.3 Å². The molecule has 0 aromatic heterocycles. The zero-order valence-electron chi connectivity index (χ0n) is 67.9. The summed E-state index contributed by atoms with van der Waals surface area (Å²) in [5.74, 6) is 6.23. The van der Waals surface area contributed by atoms with Gasteiger partial charge in [0.2, 0.25) is 6.41 Å². The van der Waals surface area contributed by atoms with Gasteiger partial charge in [0.15, 0.2) is 0 Å². The van der Waals surface area contributed by atoms with Crippen LogP contribution in [0, 0.1) is 17.8 Å². The molecule has 4 aromatic carbocycles. The van der Waals surface area contributed by atoms with Gasteiger partial charge in [-0.2, -0.15) is 0 Å². The number of benzene rings is 4. The van der Waals surface area contributed by atoms with E-state index in [-0.39, 0.29) is 42.3 Å². The van der Waals surface area contributed by atoms with Crippen LogP contribution in [-0.4, -0.2) is 163 Å². The lowest BCUT2D eigenvalue weighted by Gasteiger charge is -2.21. The molecule has 1 saturated heterocycles. The number of hydrogen-bond acceptors (Lipinski definition) is 16. The molecule has 0 bridgehead atoms. The molecule has 3 N–H and O–H groups in total. The number of aliphatic hydroxyl groups excluding tert-OH is 1. The number of methoxy groups -OCH3 is 7. The third-order valence-corrected chi connectivity index (χ3v) is 19.8. The van der Waals surface area contributed by atoms with Gasteiger partial charge in [0.25, 0.3) is 11.8 Å². The summed E-state index contributed by atoms with van der Waals surface area (Å²) in [5, 5.41) is 22.5. The standard InChI is InChI=1S/C21H29NO3.C19H22BrNO3.C12H18O4.C11H11NO2.C11H16O2.C8H8BrN.C6H13BO2/c1-6-16-7-8-17-12-22(13-18(17)10-16)21(24)15(4)20(23)11-19(25-5)9-14(2)3;1-4-12-8-16(18(24-3)9-17(12)23-2)19(22)21-10-13-5-6-15(20)7-14(13)11-21;1-8(2)6-10(15-4)7-11(16-5)9(3)12(13)14;13-7-12-4-9-2-1-8(11-6-14-11)3-10(9)5-12;1-8(2)10-6-5-9(12-3)7-11(10)13-4;9-8-2-1-6-4-10-5-7(6)3-8;1-4-7(8-5-2)9-6-3/h6-9,14,16,20,23H,1,4,10-13H2,2-3,5H3;5-6,8-9,15H,4,7,10-11H2,1-3H3;6-8H,3H2,1-2,4-5H3,(H,13,14);1-3,7,11H,4-6H2;5-8H,1-4H3;1-3,10H,4-5H2;4H,1,5-6H2,2-3H3/b19-9-;;10-6-,11-7+;;;;. The number of carboxylic acids is 1. The van der Waals surface area contributed by atoms with E-state index in [2.05, 4.69) is 145 Å². The summed E-state index contributed by atoms with van der Waals surface area (Å²) in [6, 6.07) is 22.4. The van der Waals surface area contributed by atoms with E-state index in [0.717, 1.165) is 81.3 Å². The molecule has 4 unspecified atom stereocenters. The Morgan fingerprint density at radius 1 is 0.694 bits per heavy atom. The first-order chi connectivity index (χ1) is 53.1. The van der Waals surface area contributed by atoms with Crippen molar-refractivity contribution in [3.8, 4) is 23.0 Å². The van der Waals surface area contributed by atoms with Crippen LogP contribution in [0.25, 0.3) is 0 Å². The van der Waals surface area contributed by atoms with Crippen LogP contribution >= 0.6 is 31.9 Å². The van der Waals surface area contributed by atoms with Gasteiger partial charge in [-0.15, -0.1) is 13.2 Å². The van der Waals surface area contributed by atoms with Crippen molar-refractivity contribution in [2.45, 2.75) is 137 Å². The number of hydrogen-bond donors (Lipinski definition) is 3. The number of amides is 3. The average Bonchev–Trinajstić information content (AvgIpc) is 1.05. The maximum atomic E-state index is 13.1. The summed E-state index contributed by atoms with van der Waals surface area (Å²) in [7, 11) is 10.8. The highest BCUT2D eigenvalue weighted by atomic mass is 79.9.